The Bertz CT molecular complexity index is 301. The van der Waals surface area contributed by atoms with Gasteiger partial charge >= 0.3 is 12.3 Å². The van der Waals surface area contributed by atoms with Gasteiger partial charge in [0.2, 0.25) is 0 Å². The van der Waals surface area contributed by atoms with Gasteiger partial charge in [-0.3, -0.25) is 40.5 Å². The van der Waals surface area contributed by atoms with E-state index in [1.165, 1.54) is 0 Å². The third-order valence-electron chi connectivity index (χ3n) is 1.32. The van der Waals surface area contributed by atoms with Gasteiger partial charge in [0.05, 0.1) is 12.2 Å². The average Bonchev–Trinajstić information content (AvgIpc) is 2.09. The summed E-state index contributed by atoms with van der Waals surface area (Å²) in [6.07, 6.45) is -4.50. The second-order valence-corrected chi connectivity index (χ2v) is 2.35. The zero-order chi connectivity index (χ0) is 12.9. The van der Waals surface area contributed by atoms with Crippen molar-refractivity contribution in [1.29, 1.82) is 0 Å². The van der Waals surface area contributed by atoms with Crippen molar-refractivity contribution in [3.8, 4) is 0 Å². The first-order valence-electron chi connectivity index (χ1n) is 3.49. The van der Waals surface area contributed by atoms with Crippen LogP contribution in [-0.2, 0) is 0 Å². The first-order valence-corrected chi connectivity index (χ1v) is 3.49. The van der Waals surface area contributed by atoms with Crippen LogP contribution in [0.15, 0.2) is 12.2 Å². The SMILES string of the molecule is O=[N+]([O-])C(/C=C/C([N+](=O)[O-])[N+](=O)[O-])[N+](=O)[O-]. The Balaban J connectivity index is 4.90. The fourth-order valence-corrected chi connectivity index (χ4v) is 0.634. The normalized spacial score (nSPS) is 10.9. The molecule has 0 unspecified atom stereocenters. The van der Waals surface area contributed by atoms with Crippen molar-refractivity contribution in [3.63, 3.8) is 0 Å². The van der Waals surface area contributed by atoms with Crippen molar-refractivity contribution in [2.24, 2.45) is 0 Å². The Morgan fingerprint density at radius 1 is 0.625 bits per heavy atom. The Labute approximate surface area is 85.8 Å². The van der Waals surface area contributed by atoms with Crippen LogP contribution in [0.4, 0.5) is 0 Å². The van der Waals surface area contributed by atoms with Crippen LogP contribution in [0.1, 0.15) is 0 Å². The minimum atomic E-state index is -2.44. The Morgan fingerprint density at radius 3 is 0.938 bits per heavy atom. The van der Waals surface area contributed by atoms with Gasteiger partial charge in [0.15, 0.2) is 0 Å². The molecule has 0 N–H and O–H groups in total. The summed E-state index contributed by atoms with van der Waals surface area (Å²) in [5, 5.41) is 40.3. The summed E-state index contributed by atoms with van der Waals surface area (Å²) in [6.45, 7) is 0. The summed E-state index contributed by atoms with van der Waals surface area (Å²) in [5.74, 6) is 0. The van der Waals surface area contributed by atoms with Gasteiger partial charge in [-0.25, -0.2) is 0 Å². The standard InChI is InChI=1S/C4H4N4O8/c9-5(10)3(6(11)12)1-2-4(7(13)14)8(15)16/h1-4H/b2-1+. The van der Waals surface area contributed by atoms with E-state index in [1.807, 2.05) is 0 Å². The van der Waals surface area contributed by atoms with Crippen LogP contribution < -0.4 is 0 Å². The maximum absolute atomic E-state index is 10.1. The van der Waals surface area contributed by atoms with Gasteiger partial charge in [-0.15, -0.1) is 0 Å². The molecule has 0 aliphatic carbocycles. The Hall–Kier alpha value is -2.66. The number of nitro groups is 4. The molecule has 0 bridgehead atoms. The number of hydrogen-bond donors (Lipinski definition) is 0. The minimum absolute atomic E-state index is 0.191. The van der Waals surface area contributed by atoms with E-state index >= 15 is 0 Å². The molecule has 0 fully saturated rings. The largest absolute Gasteiger partial charge is 0.470 e. The molecule has 0 saturated heterocycles. The van der Waals surface area contributed by atoms with Gasteiger partial charge in [0.1, 0.15) is 19.7 Å². The zero-order valence-electron chi connectivity index (χ0n) is 7.36. The highest BCUT2D eigenvalue weighted by Crippen LogP contribution is 1.99. The van der Waals surface area contributed by atoms with Crippen molar-refractivity contribution < 1.29 is 19.7 Å². The predicted molar refractivity (Wildman–Crippen MR) is 44.7 cm³/mol. The molecule has 0 aliphatic rings. The summed E-state index contributed by atoms with van der Waals surface area (Å²) in [6, 6.07) is 0. The quantitative estimate of drug-likeness (QED) is 0.252. The lowest BCUT2D eigenvalue weighted by Crippen LogP contribution is -2.30. The summed E-state index contributed by atoms with van der Waals surface area (Å²) in [5.41, 5.74) is 0. The van der Waals surface area contributed by atoms with E-state index in [2.05, 4.69) is 0 Å². The van der Waals surface area contributed by atoms with E-state index in [1.54, 1.807) is 0 Å². The third kappa shape index (κ3) is 3.60. The van der Waals surface area contributed by atoms with E-state index in [4.69, 9.17) is 0 Å². The highest BCUT2D eigenvalue weighted by molar-refractivity contribution is 4.86. The van der Waals surface area contributed by atoms with E-state index in [9.17, 15) is 40.5 Å². The maximum atomic E-state index is 10.1. The smallest absolute Gasteiger partial charge is 0.258 e. The van der Waals surface area contributed by atoms with Crippen molar-refractivity contribution in [2.75, 3.05) is 0 Å². The zero-order valence-corrected chi connectivity index (χ0v) is 7.36. The second-order valence-electron chi connectivity index (χ2n) is 2.35. The highest BCUT2D eigenvalue weighted by atomic mass is 16.7. The molecule has 0 aliphatic heterocycles. The van der Waals surface area contributed by atoms with Crippen LogP contribution in [0, 0.1) is 40.5 Å². The molecule has 0 aromatic carbocycles. The molecule has 88 valence electrons. The molecule has 0 heterocycles. The first-order chi connectivity index (χ1) is 7.27. The highest BCUT2D eigenvalue weighted by Gasteiger charge is 2.34. The van der Waals surface area contributed by atoms with Crippen LogP contribution in [0.5, 0.6) is 0 Å². The van der Waals surface area contributed by atoms with Crippen LogP contribution in [0.25, 0.3) is 0 Å². The van der Waals surface area contributed by atoms with Crippen LogP contribution in [-0.4, -0.2) is 32.0 Å². The second kappa shape index (κ2) is 5.28. The van der Waals surface area contributed by atoms with E-state index in [0.717, 1.165) is 0 Å². The van der Waals surface area contributed by atoms with Gasteiger partial charge in [-0.1, -0.05) is 0 Å². The third-order valence-corrected chi connectivity index (χ3v) is 1.32. The van der Waals surface area contributed by atoms with E-state index in [-0.39, 0.29) is 12.2 Å². The summed E-state index contributed by atoms with van der Waals surface area (Å²) < 4.78 is 0. The molecule has 0 radical (unpaired) electrons. The topological polar surface area (TPSA) is 173 Å². The van der Waals surface area contributed by atoms with Crippen molar-refractivity contribution >= 4 is 0 Å². The lowest BCUT2D eigenvalue weighted by atomic mass is 10.4. The van der Waals surface area contributed by atoms with Crippen LogP contribution in [0.2, 0.25) is 0 Å². The molecule has 0 aromatic rings. The van der Waals surface area contributed by atoms with Gasteiger partial charge in [0, 0.05) is 0 Å². The van der Waals surface area contributed by atoms with Gasteiger partial charge < -0.3 is 0 Å². The molecular formula is C4H4N4O8. The maximum Gasteiger partial charge on any atom is 0.470 e. The molecule has 0 aromatic heterocycles. The molecule has 0 spiro atoms. The summed E-state index contributed by atoms with van der Waals surface area (Å²) in [4.78, 5) is 34.9. The van der Waals surface area contributed by atoms with Crippen molar-refractivity contribution in [3.05, 3.63) is 52.6 Å². The average molecular weight is 236 g/mol. The van der Waals surface area contributed by atoms with Crippen LogP contribution in [0.3, 0.4) is 0 Å². The van der Waals surface area contributed by atoms with Crippen LogP contribution >= 0.6 is 0 Å². The van der Waals surface area contributed by atoms with E-state index in [0.29, 0.717) is 0 Å². The van der Waals surface area contributed by atoms with Gasteiger partial charge in [-0.05, 0) is 0 Å². The number of nitrogens with zero attached hydrogens (tertiary/aromatic N) is 4. The predicted octanol–water partition coefficient (Wildman–Crippen LogP) is -0.698. The van der Waals surface area contributed by atoms with Crippen molar-refractivity contribution in [2.45, 2.75) is 12.3 Å². The van der Waals surface area contributed by atoms with Crippen molar-refractivity contribution in [1.82, 2.24) is 0 Å². The fourth-order valence-electron chi connectivity index (χ4n) is 0.634. The molecule has 0 atom stereocenters. The Morgan fingerprint density at radius 2 is 0.812 bits per heavy atom. The lowest BCUT2D eigenvalue weighted by Gasteiger charge is -1.96. The minimum Gasteiger partial charge on any atom is -0.258 e. The summed E-state index contributed by atoms with van der Waals surface area (Å²) in [7, 11) is 0. The monoisotopic (exact) mass is 236 g/mol. The van der Waals surface area contributed by atoms with Gasteiger partial charge in [0.25, 0.3) is 0 Å². The number of rotatable bonds is 6. The number of hydrogen-bond acceptors (Lipinski definition) is 8. The van der Waals surface area contributed by atoms with E-state index < -0.39 is 32.0 Å². The van der Waals surface area contributed by atoms with Gasteiger partial charge in [-0.2, -0.15) is 0 Å². The molecule has 16 heavy (non-hydrogen) atoms. The molecule has 0 saturated carbocycles. The molecular weight excluding hydrogens is 232 g/mol. The first kappa shape index (κ1) is 13.3. The summed E-state index contributed by atoms with van der Waals surface area (Å²) >= 11 is 0. The molecule has 12 nitrogen and oxygen atoms in total. The molecule has 12 heteroatoms. The Kier molecular flexibility index (Phi) is 4.40. The molecule has 0 amide bonds. The lowest BCUT2D eigenvalue weighted by molar-refractivity contribution is -0.733. The molecule has 0 rings (SSSR count). The fraction of sp³-hybridized carbons (Fsp3) is 0.500.